The molecule has 0 aliphatic carbocycles. The van der Waals surface area contributed by atoms with Gasteiger partial charge < -0.3 is 10.6 Å². The topological polar surface area (TPSA) is 87.9 Å². The van der Waals surface area contributed by atoms with Gasteiger partial charge in [0.1, 0.15) is 0 Å². The van der Waals surface area contributed by atoms with Gasteiger partial charge in [-0.05, 0) is 18.5 Å². The lowest BCUT2D eigenvalue weighted by Gasteiger charge is -2.21. The van der Waals surface area contributed by atoms with Crippen molar-refractivity contribution in [3.05, 3.63) is 47.8 Å². The van der Waals surface area contributed by atoms with Crippen molar-refractivity contribution >= 4 is 5.91 Å². The number of nitrogens with two attached hydrogens (primary N) is 1. The number of nitrogens with zero attached hydrogens (tertiary/aromatic N) is 3. The molecule has 6 nitrogen and oxygen atoms in total. The molecule has 0 unspecified atom stereocenters. The molecular formula is C13H17N5O. The van der Waals surface area contributed by atoms with Crippen LogP contribution in [0.4, 0.5) is 0 Å². The summed E-state index contributed by atoms with van der Waals surface area (Å²) in [6.07, 6.45) is 2.19. The van der Waals surface area contributed by atoms with Crippen LogP contribution in [0.5, 0.6) is 0 Å². The number of carbonyl (C=O) groups is 1. The van der Waals surface area contributed by atoms with Gasteiger partial charge in [0.2, 0.25) is 0 Å². The Labute approximate surface area is 111 Å². The molecule has 100 valence electrons. The van der Waals surface area contributed by atoms with Crippen LogP contribution in [0.25, 0.3) is 0 Å². The second kappa shape index (κ2) is 6.65. The first-order chi connectivity index (χ1) is 9.31. The lowest BCUT2D eigenvalue weighted by Crippen LogP contribution is -2.32. The van der Waals surface area contributed by atoms with Crippen LogP contribution < -0.4 is 5.73 Å². The van der Waals surface area contributed by atoms with Gasteiger partial charge in [-0.1, -0.05) is 30.3 Å². The van der Waals surface area contributed by atoms with Gasteiger partial charge in [-0.2, -0.15) is 15.4 Å². The number of hydrogen-bond acceptors (Lipinski definition) is 4. The molecule has 0 aliphatic heterocycles. The van der Waals surface area contributed by atoms with E-state index in [-0.39, 0.29) is 5.91 Å². The molecule has 0 bridgehead atoms. The fraction of sp³-hybridized carbons (Fsp3) is 0.308. The molecule has 0 saturated carbocycles. The Hall–Kier alpha value is -2.21. The normalized spacial score (nSPS) is 10.4. The van der Waals surface area contributed by atoms with Crippen LogP contribution in [-0.2, 0) is 6.54 Å². The molecule has 1 heterocycles. The molecule has 1 aromatic carbocycles. The second-order valence-corrected chi connectivity index (χ2v) is 4.21. The van der Waals surface area contributed by atoms with E-state index in [1.807, 2.05) is 30.3 Å². The molecule has 2 aromatic rings. The van der Waals surface area contributed by atoms with Crippen LogP contribution in [0.15, 0.2) is 36.5 Å². The monoisotopic (exact) mass is 259 g/mol. The SMILES string of the molecule is NCCCN(Cc1ccccc1)C(=O)c1cn[nH]n1. The van der Waals surface area contributed by atoms with E-state index in [0.717, 1.165) is 12.0 Å². The fourth-order valence-corrected chi connectivity index (χ4v) is 1.81. The Kier molecular flexibility index (Phi) is 4.63. The Bertz CT molecular complexity index is 497. The van der Waals surface area contributed by atoms with Crippen LogP contribution in [0.3, 0.4) is 0 Å². The average molecular weight is 259 g/mol. The number of rotatable bonds is 6. The Morgan fingerprint density at radius 1 is 1.32 bits per heavy atom. The van der Waals surface area contributed by atoms with Gasteiger partial charge in [0.15, 0.2) is 5.69 Å². The minimum Gasteiger partial charge on any atom is -0.333 e. The van der Waals surface area contributed by atoms with Crippen LogP contribution in [-0.4, -0.2) is 39.3 Å². The average Bonchev–Trinajstić information content (AvgIpc) is 2.98. The zero-order chi connectivity index (χ0) is 13.5. The number of hydrogen-bond donors (Lipinski definition) is 2. The van der Waals surface area contributed by atoms with Crippen LogP contribution in [0.1, 0.15) is 22.5 Å². The Balaban J connectivity index is 2.09. The minimum atomic E-state index is -0.133. The number of carbonyl (C=O) groups excluding carboxylic acids is 1. The van der Waals surface area contributed by atoms with Crippen LogP contribution >= 0.6 is 0 Å². The molecule has 1 aromatic heterocycles. The number of amides is 1. The summed E-state index contributed by atoms with van der Waals surface area (Å²) < 4.78 is 0. The van der Waals surface area contributed by atoms with Crippen molar-refractivity contribution in [3.63, 3.8) is 0 Å². The molecule has 2 rings (SSSR count). The predicted molar refractivity (Wildman–Crippen MR) is 71.2 cm³/mol. The zero-order valence-electron chi connectivity index (χ0n) is 10.6. The summed E-state index contributed by atoms with van der Waals surface area (Å²) in [6, 6.07) is 9.85. The summed E-state index contributed by atoms with van der Waals surface area (Å²) in [5.74, 6) is -0.133. The quantitative estimate of drug-likeness (QED) is 0.803. The van der Waals surface area contributed by atoms with Gasteiger partial charge in [0.25, 0.3) is 5.91 Å². The number of benzene rings is 1. The molecule has 0 saturated heterocycles. The summed E-state index contributed by atoms with van der Waals surface area (Å²) in [7, 11) is 0. The first-order valence-corrected chi connectivity index (χ1v) is 6.20. The predicted octanol–water partition coefficient (Wildman–Crippen LogP) is 0.796. The van der Waals surface area contributed by atoms with Crippen molar-refractivity contribution in [2.24, 2.45) is 5.73 Å². The Morgan fingerprint density at radius 3 is 2.74 bits per heavy atom. The minimum absolute atomic E-state index is 0.133. The highest BCUT2D eigenvalue weighted by Crippen LogP contribution is 2.08. The van der Waals surface area contributed by atoms with Gasteiger partial charge >= 0.3 is 0 Å². The van der Waals surface area contributed by atoms with E-state index in [9.17, 15) is 4.79 Å². The van der Waals surface area contributed by atoms with E-state index in [2.05, 4.69) is 15.4 Å². The number of H-pyrrole nitrogens is 1. The lowest BCUT2D eigenvalue weighted by molar-refractivity contribution is 0.0736. The van der Waals surface area contributed by atoms with Crippen molar-refractivity contribution in [2.45, 2.75) is 13.0 Å². The van der Waals surface area contributed by atoms with Gasteiger partial charge in [0.05, 0.1) is 6.20 Å². The maximum Gasteiger partial charge on any atom is 0.276 e. The summed E-state index contributed by atoms with van der Waals surface area (Å²) >= 11 is 0. The number of aromatic nitrogens is 3. The van der Waals surface area contributed by atoms with E-state index in [0.29, 0.717) is 25.3 Å². The van der Waals surface area contributed by atoms with Crippen molar-refractivity contribution in [1.29, 1.82) is 0 Å². The third-order valence-corrected chi connectivity index (χ3v) is 2.77. The van der Waals surface area contributed by atoms with Crippen molar-refractivity contribution in [2.75, 3.05) is 13.1 Å². The standard InChI is InChI=1S/C13H17N5O/c14-7-4-8-18(10-11-5-2-1-3-6-11)13(19)12-9-15-17-16-12/h1-3,5-6,9H,4,7-8,10,14H2,(H,15,16,17). The van der Waals surface area contributed by atoms with Crippen molar-refractivity contribution in [3.8, 4) is 0 Å². The highest BCUT2D eigenvalue weighted by Gasteiger charge is 2.17. The largest absolute Gasteiger partial charge is 0.333 e. The van der Waals surface area contributed by atoms with Gasteiger partial charge in [-0.3, -0.25) is 4.79 Å². The molecule has 3 N–H and O–H groups in total. The summed E-state index contributed by atoms with van der Waals surface area (Å²) in [5.41, 5.74) is 6.92. The highest BCUT2D eigenvalue weighted by atomic mass is 16.2. The van der Waals surface area contributed by atoms with E-state index in [4.69, 9.17) is 5.73 Å². The molecule has 0 fully saturated rings. The first kappa shape index (κ1) is 13.2. The van der Waals surface area contributed by atoms with Crippen molar-refractivity contribution < 1.29 is 4.79 Å². The zero-order valence-corrected chi connectivity index (χ0v) is 10.6. The number of nitrogens with one attached hydrogen (secondary N) is 1. The van der Waals surface area contributed by atoms with Gasteiger partial charge in [0, 0.05) is 13.1 Å². The molecular weight excluding hydrogens is 242 g/mol. The van der Waals surface area contributed by atoms with Crippen LogP contribution in [0, 0.1) is 0 Å². The van der Waals surface area contributed by atoms with Crippen molar-refractivity contribution in [1.82, 2.24) is 20.3 Å². The molecule has 0 radical (unpaired) electrons. The molecule has 19 heavy (non-hydrogen) atoms. The van der Waals surface area contributed by atoms with E-state index >= 15 is 0 Å². The van der Waals surface area contributed by atoms with Gasteiger partial charge in [-0.25, -0.2) is 0 Å². The molecule has 1 amide bonds. The van der Waals surface area contributed by atoms with Gasteiger partial charge in [-0.15, -0.1) is 0 Å². The Morgan fingerprint density at radius 2 is 2.11 bits per heavy atom. The van der Waals surface area contributed by atoms with Crippen LogP contribution in [0.2, 0.25) is 0 Å². The summed E-state index contributed by atoms with van der Waals surface area (Å²) in [4.78, 5) is 14.0. The maximum absolute atomic E-state index is 12.3. The summed E-state index contributed by atoms with van der Waals surface area (Å²) in [6.45, 7) is 1.71. The van der Waals surface area contributed by atoms with E-state index < -0.39 is 0 Å². The molecule has 0 atom stereocenters. The third-order valence-electron chi connectivity index (χ3n) is 2.77. The molecule has 0 aliphatic rings. The molecule has 0 spiro atoms. The van der Waals surface area contributed by atoms with E-state index in [1.54, 1.807) is 4.90 Å². The van der Waals surface area contributed by atoms with E-state index in [1.165, 1.54) is 6.20 Å². The maximum atomic E-state index is 12.3. The third kappa shape index (κ3) is 3.62. The number of aromatic amines is 1. The molecule has 6 heteroatoms. The highest BCUT2D eigenvalue weighted by molar-refractivity contribution is 5.91. The first-order valence-electron chi connectivity index (χ1n) is 6.20. The fourth-order valence-electron chi connectivity index (χ4n) is 1.81. The second-order valence-electron chi connectivity index (χ2n) is 4.21. The smallest absolute Gasteiger partial charge is 0.276 e. The summed E-state index contributed by atoms with van der Waals surface area (Å²) in [5, 5.41) is 9.95. The lowest BCUT2D eigenvalue weighted by atomic mass is 10.2.